The highest BCUT2D eigenvalue weighted by Crippen LogP contribution is 2.49. The monoisotopic (exact) mass is 329 g/mol. The normalized spacial score (nSPS) is 17.1. The third-order valence-corrected chi connectivity index (χ3v) is 5.48. The van der Waals surface area contributed by atoms with Gasteiger partial charge in [-0.05, 0) is 37.6 Å². The van der Waals surface area contributed by atoms with Crippen molar-refractivity contribution in [2.24, 2.45) is 0 Å². The minimum Gasteiger partial charge on any atom is -0.390 e. The molecule has 4 heteroatoms. The third-order valence-electron chi connectivity index (χ3n) is 4.35. The highest BCUT2D eigenvalue weighted by molar-refractivity contribution is 7.99. The predicted octanol–water partition coefficient (Wildman–Crippen LogP) is 4.20. The van der Waals surface area contributed by atoms with Gasteiger partial charge < -0.3 is 15.1 Å². The van der Waals surface area contributed by atoms with E-state index in [2.05, 4.69) is 29.2 Å². The summed E-state index contributed by atoms with van der Waals surface area (Å²) in [7, 11) is 0. The smallest absolute Gasteiger partial charge is 0.100 e. The number of hydrogen-bond acceptors (Lipinski definition) is 4. The molecule has 2 aromatic rings. The molecule has 2 N–H and O–H groups in total. The van der Waals surface area contributed by atoms with Crippen LogP contribution in [-0.2, 0) is 0 Å². The fraction of sp³-hybridized carbons (Fsp3) is 0.368. The van der Waals surface area contributed by atoms with E-state index in [1.807, 2.05) is 38.1 Å². The van der Waals surface area contributed by atoms with Crippen LogP contribution >= 0.6 is 11.8 Å². The van der Waals surface area contributed by atoms with Gasteiger partial charge >= 0.3 is 0 Å². The van der Waals surface area contributed by atoms with Gasteiger partial charge in [-0.2, -0.15) is 0 Å². The van der Waals surface area contributed by atoms with E-state index in [4.69, 9.17) is 0 Å². The molecule has 0 saturated carbocycles. The fourth-order valence-corrected chi connectivity index (χ4v) is 4.18. The molecular weight excluding hydrogens is 306 g/mol. The standard InChI is InChI=1S/C19H23NO2S/c1-3-8-16(21)19(22)13(2)20-14-9-4-6-11-17(14)23-18-12-7-5-10-15(18)20/h4-7,9-13,16,19,21-22H,3,8H2,1-2H3. The molecule has 23 heavy (non-hydrogen) atoms. The van der Waals surface area contributed by atoms with Crippen LogP contribution in [0.3, 0.4) is 0 Å². The summed E-state index contributed by atoms with van der Waals surface area (Å²) in [4.78, 5) is 4.51. The van der Waals surface area contributed by atoms with Crippen molar-refractivity contribution in [1.29, 1.82) is 0 Å². The lowest BCUT2D eigenvalue weighted by molar-refractivity contribution is 0.00268. The van der Waals surface area contributed by atoms with Gasteiger partial charge in [0.1, 0.15) is 6.10 Å². The largest absolute Gasteiger partial charge is 0.390 e. The molecule has 122 valence electrons. The van der Waals surface area contributed by atoms with Crippen LogP contribution in [0.5, 0.6) is 0 Å². The number of para-hydroxylation sites is 2. The van der Waals surface area contributed by atoms with Crippen molar-refractivity contribution in [3.05, 3.63) is 48.5 Å². The lowest BCUT2D eigenvalue weighted by Crippen LogP contribution is -2.45. The van der Waals surface area contributed by atoms with Gasteiger partial charge in [0.2, 0.25) is 0 Å². The van der Waals surface area contributed by atoms with Crippen LogP contribution in [0.25, 0.3) is 0 Å². The molecule has 0 radical (unpaired) electrons. The van der Waals surface area contributed by atoms with Crippen LogP contribution in [-0.4, -0.2) is 28.5 Å². The number of fused-ring (bicyclic) bond motifs is 2. The van der Waals surface area contributed by atoms with E-state index in [1.54, 1.807) is 11.8 Å². The third kappa shape index (κ3) is 3.11. The minimum atomic E-state index is -0.792. The Balaban J connectivity index is 2.01. The second kappa shape index (κ2) is 6.95. The quantitative estimate of drug-likeness (QED) is 0.863. The number of benzene rings is 2. The molecule has 0 aliphatic carbocycles. The van der Waals surface area contributed by atoms with Crippen molar-refractivity contribution in [1.82, 2.24) is 0 Å². The van der Waals surface area contributed by atoms with Crippen LogP contribution in [0.1, 0.15) is 26.7 Å². The van der Waals surface area contributed by atoms with Crippen molar-refractivity contribution in [3.63, 3.8) is 0 Å². The molecule has 3 rings (SSSR count). The second-order valence-electron chi connectivity index (χ2n) is 5.99. The molecule has 0 spiro atoms. The van der Waals surface area contributed by atoms with E-state index in [1.165, 1.54) is 9.79 Å². The van der Waals surface area contributed by atoms with Gasteiger partial charge in [0.25, 0.3) is 0 Å². The first kappa shape index (κ1) is 16.4. The van der Waals surface area contributed by atoms with Crippen LogP contribution in [0, 0.1) is 0 Å². The van der Waals surface area contributed by atoms with Crippen LogP contribution in [0.2, 0.25) is 0 Å². The van der Waals surface area contributed by atoms with Crippen LogP contribution in [0.4, 0.5) is 11.4 Å². The van der Waals surface area contributed by atoms with Crippen molar-refractivity contribution in [2.75, 3.05) is 4.90 Å². The number of nitrogens with zero attached hydrogens (tertiary/aromatic N) is 1. The molecule has 3 atom stereocenters. The van der Waals surface area contributed by atoms with Crippen LogP contribution < -0.4 is 4.90 Å². The minimum absolute atomic E-state index is 0.209. The average Bonchev–Trinajstić information content (AvgIpc) is 2.58. The Morgan fingerprint density at radius 3 is 2.00 bits per heavy atom. The van der Waals surface area contributed by atoms with E-state index in [0.29, 0.717) is 6.42 Å². The van der Waals surface area contributed by atoms with Gasteiger partial charge in [0.15, 0.2) is 0 Å². The molecule has 0 amide bonds. The second-order valence-corrected chi connectivity index (χ2v) is 7.08. The molecule has 3 unspecified atom stereocenters. The van der Waals surface area contributed by atoms with Crippen molar-refractivity contribution < 1.29 is 10.2 Å². The molecule has 1 aliphatic rings. The zero-order valence-electron chi connectivity index (χ0n) is 13.5. The summed E-state index contributed by atoms with van der Waals surface area (Å²) in [6, 6.07) is 16.2. The van der Waals surface area contributed by atoms with Gasteiger partial charge in [-0.3, -0.25) is 0 Å². The molecule has 0 fully saturated rings. The maximum absolute atomic E-state index is 10.6. The van der Waals surface area contributed by atoms with Crippen molar-refractivity contribution in [3.8, 4) is 0 Å². The highest BCUT2D eigenvalue weighted by Gasteiger charge is 2.32. The van der Waals surface area contributed by atoms with Crippen molar-refractivity contribution >= 4 is 23.1 Å². The summed E-state index contributed by atoms with van der Waals surface area (Å²) in [5.41, 5.74) is 2.18. The fourth-order valence-electron chi connectivity index (χ4n) is 3.11. The van der Waals surface area contributed by atoms with Gasteiger partial charge in [-0.25, -0.2) is 0 Å². The van der Waals surface area contributed by atoms with E-state index in [9.17, 15) is 10.2 Å². The molecule has 1 aliphatic heterocycles. The Morgan fingerprint density at radius 2 is 1.48 bits per heavy atom. The van der Waals surface area contributed by atoms with Gasteiger partial charge in [0.05, 0.1) is 23.5 Å². The van der Waals surface area contributed by atoms with E-state index in [0.717, 1.165) is 17.8 Å². The molecule has 2 aromatic carbocycles. The van der Waals surface area contributed by atoms with Crippen LogP contribution in [0.15, 0.2) is 58.3 Å². The van der Waals surface area contributed by atoms with E-state index in [-0.39, 0.29) is 6.04 Å². The number of rotatable bonds is 5. The molecule has 3 nitrogen and oxygen atoms in total. The number of hydrogen-bond donors (Lipinski definition) is 2. The Kier molecular flexibility index (Phi) is 4.95. The molecule has 0 aromatic heterocycles. The van der Waals surface area contributed by atoms with Crippen molar-refractivity contribution in [2.45, 2.75) is 54.7 Å². The number of anilines is 2. The SMILES string of the molecule is CCCC(O)C(O)C(C)N1c2ccccc2Sc2ccccc21. The Hall–Kier alpha value is -1.49. The Labute approximate surface area is 142 Å². The average molecular weight is 329 g/mol. The maximum atomic E-state index is 10.6. The molecule has 1 heterocycles. The summed E-state index contributed by atoms with van der Waals surface area (Å²) >= 11 is 1.75. The van der Waals surface area contributed by atoms with Gasteiger partial charge in [-0.1, -0.05) is 49.4 Å². The molecular formula is C19H23NO2S. The van der Waals surface area contributed by atoms with Gasteiger partial charge in [-0.15, -0.1) is 0 Å². The summed E-state index contributed by atoms with van der Waals surface area (Å²) in [5, 5.41) is 20.9. The molecule has 0 bridgehead atoms. The zero-order valence-corrected chi connectivity index (χ0v) is 14.3. The first-order valence-corrected chi connectivity index (χ1v) is 8.96. The predicted molar refractivity (Wildman–Crippen MR) is 95.5 cm³/mol. The number of aliphatic hydroxyl groups is 2. The summed E-state index contributed by atoms with van der Waals surface area (Å²) in [6.07, 6.45) is -0.0335. The maximum Gasteiger partial charge on any atom is 0.100 e. The van der Waals surface area contributed by atoms with Gasteiger partial charge in [0, 0.05) is 9.79 Å². The first-order valence-electron chi connectivity index (χ1n) is 8.14. The summed E-state index contributed by atoms with van der Waals surface area (Å²) in [6.45, 7) is 4.00. The Morgan fingerprint density at radius 1 is 0.957 bits per heavy atom. The molecule has 0 saturated heterocycles. The Bertz CT molecular complexity index is 630. The zero-order chi connectivity index (χ0) is 16.4. The summed E-state index contributed by atoms with van der Waals surface area (Å²) < 4.78 is 0. The van der Waals surface area contributed by atoms with E-state index >= 15 is 0 Å². The van der Waals surface area contributed by atoms with E-state index < -0.39 is 12.2 Å². The summed E-state index contributed by atoms with van der Waals surface area (Å²) in [5.74, 6) is 0. The lowest BCUT2D eigenvalue weighted by Gasteiger charge is -2.40. The lowest BCUT2D eigenvalue weighted by atomic mass is 10.00. The number of aliphatic hydroxyl groups excluding tert-OH is 2. The topological polar surface area (TPSA) is 43.7 Å². The first-order chi connectivity index (χ1) is 11.1. The highest BCUT2D eigenvalue weighted by atomic mass is 32.2.